The molecular formula is C18H22N2O2. The quantitative estimate of drug-likeness (QED) is 0.943. The molecule has 0 saturated carbocycles. The molecule has 0 fully saturated rings. The minimum absolute atomic E-state index is 0.561. The van der Waals surface area contributed by atoms with E-state index in [-0.39, 0.29) is 0 Å². The number of benzene rings is 2. The van der Waals surface area contributed by atoms with Gasteiger partial charge < -0.3 is 20.1 Å². The molecule has 0 aliphatic carbocycles. The van der Waals surface area contributed by atoms with E-state index in [0.717, 1.165) is 31.0 Å². The molecule has 3 rings (SSSR count). The second kappa shape index (κ2) is 6.28. The lowest BCUT2D eigenvalue weighted by Gasteiger charge is -2.32. The van der Waals surface area contributed by atoms with Gasteiger partial charge in [-0.3, -0.25) is 0 Å². The number of nitrogens with zero attached hydrogens (tertiary/aromatic N) is 1. The highest BCUT2D eigenvalue weighted by Crippen LogP contribution is 2.35. The molecule has 0 bridgehead atoms. The summed E-state index contributed by atoms with van der Waals surface area (Å²) in [7, 11) is 3.35. The molecular weight excluding hydrogens is 276 g/mol. The van der Waals surface area contributed by atoms with Crippen molar-refractivity contribution in [3.05, 3.63) is 53.1 Å². The van der Waals surface area contributed by atoms with E-state index in [1.807, 2.05) is 6.07 Å². The van der Waals surface area contributed by atoms with Crippen LogP contribution in [-0.4, -0.2) is 20.8 Å². The lowest BCUT2D eigenvalue weighted by molar-refractivity contribution is 0.353. The molecule has 0 atom stereocenters. The predicted octanol–water partition coefficient (Wildman–Crippen LogP) is 2.73. The minimum atomic E-state index is 0.561. The maximum Gasteiger partial charge on any atom is 0.161 e. The molecule has 0 unspecified atom stereocenters. The zero-order chi connectivity index (χ0) is 15.5. The van der Waals surface area contributed by atoms with Crippen LogP contribution in [0.5, 0.6) is 11.5 Å². The van der Waals surface area contributed by atoms with Crippen LogP contribution in [0.1, 0.15) is 16.7 Å². The summed E-state index contributed by atoms with van der Waals surface area (Å²) in [6, 6.07) is 12.5. The Labute approximate surface area is 131 Å². The van der Waals surface area contributed by atoms with Crippen LogP contribution in [0, 0.1) is 0 Å². The molecule has 0 amide bonds. The molecule has 1 aliphatic rings. The number of methoxy groups -OCH3 is 2. The Morgan fingerprint density at radius 2 is 1.73 bits per heavy atom. The van der Waals surface area contributed by atoms with Crippen molar-refractivity contribution in [2.75, 3.05) is 25.7 Å². The molecule has 0 spiro atoms. The predicted molar refractivity (Wildman–Crippen MR) is 88.6 cm³/mol. The van der Waals surface area contributed by atoms with E-state index in [0.29, 0.717) is 6.54 Å². The van der Waals surface area contributed by atoms with Gasteiger partial charge in [0.05, 0.1) is 14.2 Å². The van der Waals surface area contributed by atoms with Crippen LogP contribution < -0.4 is 20.1 Å². The highest BCUT2D eigenvalue weighted by Gasteiger charge is 2.20. The van der Waals surface area contributed by atoms with Gasteiger partial charge in [0.15, 0.2) is 11.5 Å². The zero-order valence-electron chi connectivity index (χ0n) is 13.1. The van der Waals surface area contributed by atoms with Gasteiger partial charge >= 0.3 is 0 Å². The van der Waals surface area contributed by atoms with Gasteiger partial charge in [0.25, 0.3) is 0 Å². The summed E-state index contributed by atoms with van der Waals surface area (Å²) in [4.78, 5) is 2.39. The summed E-state index contributed by atoms with van der Waals surface area (Å²) in [6.07, 6.45) is 0.995. The standard InChI is InChI=1S/C18H22N2O2/c1-21-17-9-13-7-8-20(12-15(13)10-18(17)22-2)16-6-4-3-5-14(16)11-19/h3-6,9-10H,7-8,11-12,19H2,1-2H3. The molecule has 2 N–H and O–H groups in total. The first-order valence-electron chi connectivity index (χ1n) is 7.53. The van der Waals surface area contributed by atoms with E-state index in [2.05, 4.69) is 35.2 Å². The number of fused-ring (bicyclic) bond motifs is 1. The van der Waals surface area contributed by atoms with Crippen molar-refractivity contribution in [2.24, 2.45) is 5.73 Å². The third kappa shape index (κ3) is 2.62. The second-order valence-electron chi connectivity index (χ2n) is 5.48. The van der Waals surface area contributed by atoms with Crippen LogP contribution in [-0.2, 0) is 19.5 Å². The van der Waals surface area contributed by atoms with Crippen molar-refractivity contribution in [2.45, 2.75) is 19.5 Å². The molecule has 1 heterocycles. The summed E-state index contributed by atoms with van der Waals surface area (Å²) >= 11 is 0. The maximum absolute atomic E-state index is 5.87. The number of hydrogen-bond acceptors (Lipinski definition) is 4. The topological polar surface area (TPSA) is 47.7 Å². The average molecular weight is 298 g/mol. The number of rotatable bonds is 4. The van der Waals surface area contributed by atoms with Gasteiger partial charge in [0.1, 0.15) is 0 Å². The highest BCUT2D eigenvalue weighted by molar-refractivity contribution is 5.57. The fourth-order valence-corrected chi connectivity index (χ4v) is 3.08. The molecule has 1 aliphatic heterocycles. The number of ether oxygens (including phenoxy) is 2. The normalized spacial score (nSPS) is 13.7. The van der Waals surface area contributed by atoms with Crippen LogP contribution in [0.3, 0.4) is 0 Å². The Hall–Kier alpha value is -2.20. The van der Waals surface area contributed by atoms with Crippen LogP contribution in [0.2, 0.25) is 0 Å². The van der Waals surface area contributed by atoms with E-state index < -0.39 is 0 Å². The molecule has 4 nitrogen and oxygen atoms in total. The van der Waals surface area contributed by atoms with Crippen LogP contribution in [0.15, 0.2) is 36.4 Å². The van der Waals surface area contributed by atoms with Crippen molar-refractivity contribution in [1.29, 1.82) is 0 Å². The van der Waals surface area contributed by atoms with Gasteiger partial charge in [0, 0.05) is 25.3 Å². The lowest BCUT2D eigenvalue weighted by Crippen LogP contribution is -2.31. The SMILES string of the molecule is COc1cc2c(cc1OC)CN(c1ccccc1CN)CC2. The van der Waals surface area contributed by atoms with Gasteiger partial charge in [-0.25, -0.2) is 0 Å². The minimum Gasteiger partial charge on any atom is -0.493 e. The van der Waals surface area contributed by atoms with Gasteiger partial charge in [-0.1, -0.05) is 18.2 Å². The highest BCUT2D eigenvalue weighted by atomic mass is 16.5. The van der Waals surface area contributed by atoms with E-state index in [1.54, 1.807) is 14.2 Å². The van der Waals surface area contributed by atoms with E-state index in [1.165, 1.54) is 22.4 Å². The van der Waals surface area contributed by atoms with E-state index >= 15 is 0 Å². The fraction of sp³-hybridized carbons (Fsp3) is 0.333. The Morgan fingerprint density at radius 3 is 2.41 bits per heavy atom. The van der Waals surface area contributed by atoms with Crippen molar-refractivity contribution in [1.82, 2.24) is 0 Å². The number of anilines is 1. The monoisotopic (exact) mass is 298 g/mol. The van der Waals surface area contributed by atoms with Crippen molar-refractivity contribution >= 4 is 5.69 Å². The largest absolute Gasteiger partial charge is 0.493 e. The lowest BCUT2D eigenvalue weighted by atomic mass is 9.97. The van der Waals surface area contributed by atoms with Crippen molar-refractivity contribution in [3.63, 3.8) is 0 Å². The van der Waals surface area contributed by atoms with Gasteiger partial charge in [-0.2, -0.15) is 0 Å². The smallest absolute Gasteiger partial charge is 0.161 e. The third-order valence-corrected chi connectivity index (χ3v) is 4.27. The molecule has 0 saturated heterocycles. The number of nitrogens with two attached hydrogens (primary N) is 1. The first kappa shape index (κ1) is 14.7. The van der Waals surface area contributed by atoms with Crippen LogP contribution in [0.25, 0.3) is 0 Å². The van der Waals surface area contributed by atoms with Gasteiger partial charge in [-0.15, -0.1) is 0 Å². The molecule has 0 radical (unpaired) electrons. The summed E-state index contributed by atoms with van der Waals surface area (Å²) in [5.74, 6) is 1.59. The Kier molecular flexibility index (Phi) is 4.20. The van der Waals surface area contributed by atoms with Crippen molar-refractivity contribution < 1.29 is 9.47 Å². The summed E-state index contributed by atoms with van der Waals surface area (Å²) in [5, 5.41) is 0. The molecule has 116 valence electrons. The molecule has 2 aromatic rings. The first-order chi connectivity index (χ1) is 10.8. The Balaban J connectivity index is 1.93. The van der Waals surface area contributed by atoms with Gasteiger partial charge in [-0.05, 0) is 41.3 Å². The molecule has 4 heteroatoms. The Morgan fingerprint density at radius 1 is 1.05 bits per heavy atom. The van der Waals surface area contributed by atoms with Crippen molar-refractivity contribution in [3.8, 4) is 11.5 Å². The third-order valence-electron chi connectivity index (χ3n) is 4.27. The zero-order valence-corrected chi connectivity index (χ0v) is 13.1. The number of hydrogen-bond donors (Lipinski definition) is 1. The summed E-state index contributed by atoms with van der Waals surface area (Å²) in [5.41, 5.74) is 10.9. The molecule has 22 heavy (non-hydrogen) atoms. The summed E-state index contributed by atoms with van der Waals surface area (Å²) in [6.45, 7) is 2.41. The second-order valence-corrected chi connectivity index (χ2v) is 5.48. The maximum atomic E-state index is 5.87. The summed E-state index contributed by atoms with van der Waals surface area (Å²) < 4.78 is 10.8. The fourth-order valence-electron chi connectivity index (χ4n) is 3.08. The van der Waals surface area contributed by atoms with Gasteiger partial charge in [0.2, 0.25) is 0 Å². The molecule has 2 aromatic carbocycles. The van der Waals surface area contributed by atoms with E-state index in [9.17, 15) is 0 Å². The first-order valence-corrected chi connectivity index (χ1v) is 7.53. The number of para-hydroxylation sites is 1. The van der Waals surface area contributed by atoms with Crippen LogP contribution in [0.4, 0.5) is 5.69 Å². The van der Waals surface area contributed by atoms with E-state index in [4.69, 9.17) is 15.2 Å². The Bertz CT molecular complexity index is 670. The van der Waals surface area contributed by atoms with Crippen LogP contribution >= 0.6 is 0 Å². The molecule has 0 aromatic heterocycles. The average Bonchev–Trinajstić information content (AvgIpc) is 2.59.